The number of nitrogens with one attached hydrogen (secondary N) is 1. The number of halogens is 2. The molecule has 2 heterocycles. The maximum Gasteiger partial charge on any atom is 0.305 e. The van der Waals surface area contributed by atoms with E-state index in [1.165, 1.54) is 7.11 Å². The number of nitro groups is 1. The van der Waals surface area contributed by atoms with Crippen molar-refractivity contribution in [2.45, 2.75) is 6.42 Å². The molecule has 2 aromatic carbocycles. The molecule has 0 aliphatic rings. The Morgan fingerprint density at radius 2 is 2.10 bits per heavy atom. The molecule has 0 amide bonds. The minimum absolute atomic E-state index is 0.146. The summed E-state index contributed by atoms with van der Waals surface area (Å²) in [6.45, 7) is 0. The van der Waals surface area contributed by atoms with Crippen molar-refractivity contribution in [3.8, 4) is 17.0 Å². The van der Waals surface area contributed by atoms with Crippen LogP contribution in [0.1, 0.15) is 11.4 Å². The standard InChI is InChI=1S/C20H14BrFN4O3/c1-29-18-8-15(22)17(26(27)28)6-11(18)7-19-24-10-14(21)20(25-19)13-9-23-16-5-3-2-4-12(13)16/h2-6,8-10,23H,7H2,1H3. The van der Waals surface area contributed by atoms with Crippen LogP contribution in [0.15, 0.2) is 53.3 Å². The summed E-state index contributed by atoms with van der Waals surface area (Å²) in [7, 11) is 1.38. The Balaban J connectivity index is 1.77. The zero-order chi connectivity index (χ0) is 20.5. The number of methoxy groups -OCH3 is 1. The molecular formula is C20H14BrFN4O3. The Labute approximate surface area is 172 Å². The summed E-state index contributed by atoms with van der Waals surface area (Å²) >= 11 is 3.49. The number of benzene rings is 2. The van der Waals surface area contributed by atoms with Crippen LogP contribution in [0.5, 0.6) is 5.75 Å². The van der Waals surface area contributed by atoms with Crippen LogP contribution in [-0.4, -0.2) is 27.0 Å². The number of fused-ring (bicyclic) bond motifs is 1. The van der Waals surface area contributed by atoms with E-state index in [-0.39, 0.29) is 12.2 Å². The first-order valence-corrected chi connectivity index (χ1v) is 9.36. The summed E-state index contributed by atoms with van der Waals surface area (Å²) in [5.74, 6) is -0.326. The van der Waals surface area contributed by atoms with Crippen LogP contribution in [-0.2, 0) is 6.42 Å². The lowest BCUT2D eigenvalue weighted by Gasteiger charge is -2.10. The largest absolute Gasteiger partial charge is 0.496 e. The van der Waals surface area contributed by atoms with Gasteiger partial charge >= 0.3 is 5.69 Å². The molecule has 0 saturated carbocycles. The van der Waals surface area contributed by atoms with E-state index in [2.05, 4.69) is 30.9 Å². The SMILES string of the molecule is COc1cc(F)c([N+](=O)[O-])cc1Cc1ncc(Br)c(-c2c[nH]c3ccccc23)n1. The molecule has 0 aliphatic heterocycles. The Morgan fingerprint density at radius 3 is 2.86 bits per heavy atom. The van der Waals surface area contributed by atoms with E-state index in [9.17, 15) is 14.5 Å². The highest BCUT2D eigenvalue weighted by Gasteiger charge is 2.20. The van der Waals surface area contributed by atoms with Crippen LogP contribution >= 0.6 is 15.9 Å². The zero-order valence-corrected chi connectivity index (χ0v) is 16.7. The van der Waals surface area contributed by atoms with Crippen molar-refractivity contribution >= 4 is 32.5 Å². The lowest BCUT2D eigenvalue weighted by molar-refractivity contribution is -0.387. The number of aromatic amines is 1. The third-order valence-electron chi connectivity index (χ3n) is 4.53. The Bertz CT molecular complexity index is 1240. The zero-order valence-electron chi connectivity index (χ0n) is 15.1. The quantitative estimate of drug-likeness (QED) is 0.335. The van der Waals surface area contributed by atoms with Gasteiger partial charge < -0.3 is 9.72 Å². The molecule has 29 heavy (non-hydrogen) atoms. The van der Waals surface area contributed by atoms with Gasteiger partial charge in [0.05, 0.1) is 22.2 Å². The fourth-order valence-electron chi connectivity index (χ4n) is 3.17. The predicted octanol–water partition coefficient (Wildman–Crippen LogP) is 5.03. The molecule has 0 spiro atoms. The van der Waals surface area contributed by atoms with Gasteiger partial charge in [0.25, 0.3) is 0 Å². The number of ether oxygens (including phenoxy) is 1. The fourth-order valence-corrected chi connectivity index (χ4v) is 3.58. The molecule has 2 aromatic heterocycles. The van der Waals surface area contributed by atoms with Crippen molar-refractivity contribution in [3.05, 3.63) is 80.6 Å². The second-order valence-corrected chi connectivity index (χ2v) is 7.13. The summed E-state index contributed by atoms with van der Waals surface area (Å²) < 4.78 is 19.8. The molecule has 0 atom stereocenters. The third-order valence-corrected chi connectivity index (χ3v) is 5.11. The molecule has 0 radical (unpaired) electrons. The molecule has 9 heteroatoms. The van der Waals surface area contributed by atoms with E-state index in [0.717, 1.165) is 28.6 Å². The number of H-pyrrole nitrogens is 1. The lowest BCUT2D eigenvalue weighted by Crippen LogP contribution is -2.03. The predicted molar refractivity (Wildman–Crippen MR) is 109 cm³/mol. The number of aromatic nitrogens is 3. The molecular weight excluding hydrogens is 443 g/mol. The van der Waals surface area contributed by atoms with E-state index >= 15 is 0 Å². The van der Waals surface area contributed by atoms with Crippen molar-refractivity contribution in [3.63, 3.8) is 0 Å². The van der Waals surface area contributed by atoms with Crippen molar-refractivity contribution in [1.82, 2.24) is 15.0 Å². The van der Waals surface area contributed by atoms with Crippen LogP contribution in [0.4, 0.5) is 10.1 Å². The smallest absolute Gasteiger partial charge is 0.305 e. The topological polar surface area (TPSA) is 93.9 Å². The Kier molecular flexibility index (Phi) is 4.98. The lowest BCUT2D eigenvalue weighted by atomic mass is 10.1. The summed E-state index contributed by atoms with van der Waals surface area (Å²) in [5.41, 5.74) is 2.36. The van der Waals surface area contributed by atoms with Gasteiger partial charge in [-0.25, -0.2) is 9.97 Å². The number of nitro benzene ring substituents is 1. The van der Waals surface area contributed by atoms with Gasteiger partial charge in [-0.05, 0) is 22.0 Å². The summed E-state index contributed by atoms with van der Waals surface area (Å²) in [6, 6.07) is 10.0. The average Bonchev–Trinajstić information content (AvgIpc) is 3.14. The Morgan fingerprint density at radius 1 is 1.31 bits per heavy atom. The monoisotopic (exact) mass is 456 g/mol. The second kappa shape index (κ2) is 7.59. The van der Waals surface area contributed by atoms with Gasteiger partial charge in [-0.2, -0.15) is 4.39 Å². The van der Waals surface area contributed by atoms with Crippen molar-refractivity contribution in [1.29, 1.82) is 0 Å². The van der Waals surface area contributed by atoms with Gasteiger partial charge in [-0.1, -0.05) is 18.2 Å². The van der Waals surface area contributed by atoms with Crippen LogP contribution in [0.2, 0.25) is 0 Å². The molecule has 0 bridgehead atoms. The van der Waals surface area contributed by atoms with Gasteiger partial charge in [0.2, 0.25) is 5.82 Å². The summed E-state index contributed by atoms with van der Waals surface area (Å²) in [4.78, 5) is 22.5. The van der Waals surface area contributed by atoms with Gasteiger partial charge in [0.1, 0.15) is 11.6 Å². The maximum absolute atomic E-state index is 13.9. The number of para-hydroxylation sites is 1. The summed E-state index contributed by atoms with van der Waals surface area (Å²) in [6.07, 6.45) is 3.64. The molecule has 0 unspecified atom stereocenters. The first-order valence-electron chi connectivity index (χ1n) is 8.56. The minimum Gasteiger partial charge on any atom is -0.496 e. The van der Waals surface area contributed by atoms with E-state index in [1.807, 2.05) is 30.5 Å². The molecule has 4 rings (SSSR count). The van der Waals surface area contributed by atoms with Crippen LogP contribution in [0, 0.1) is 15.9 Å². The highest BCUT2D eigenvalue weighted by atomic mass is 79.9. The fraction of sp³-hybridized carbons (Fsp3) is 0.100. The van der Waals surface area contributed by atoms with Gasteiger partial charge in [-0.15, -0.1) is 0 Å². The van der Waals surface area contributed by atoms with Crippen LogP contribution in [0.25, 0.3) is 22.2 Å². The van der Waals surface area contributed by atoms with Crippen LogP contribution in [0.3, 0.4) is 0 Å². The van der Waals surface area contributed by atoms with E-state index in [0.29, 0.717) is 21.6 Å². The molecule has 1 N–H and O–H groups in total. The first kappa shape index (κ1) is 19.0. The van der Waals surface area contributed by atoms with Crippen molar-refractivity contribution in [2.24, 2.45) is 0 Å². The number of rotatable bonds is 5. The molecule has 0 saturated heterocycles. The average molecular weight is 457 g/mol. The summed E-state index contributed by atoms with van der Waals surface area (Å²) in [5, 5.41) is 12.1. The second-order valence-electron chi connectivity index (χ2n) is 6.28. The highest BCUT2D eigenvalue weighted by Crippen LogP contribution is 2.33. The van der Waals surface area contributed by atoms with Crippen molar-refractivity contribution < 1.29 is 14.1 Å². The van der Waals surface area contributed by atoms with E-state index in [4.69, 9.17) is 4.74 Å². The molecule has 0 aliphatic carbocycles. The minimum atomic E-state index is -0.952. The molecule has 7 nitrogen and oxygen atoms in total. The molecule has 4 aromatic rings. The van der Waals surface area contributed by atoms with Gasteiger partial charge in [0.15, 0.2) is 0 Å². The highest BCUT2D eigenvalue weighted by molar-refractivity contribution is 9.10. The first-order chi connectivity index (χ1) is 14.0. The van der Waals surface area contributed by atoms with Gasteiger partial charge in [-0.3, -0.25) is 10.1 Å². The Hall–Kier alpha value is -3.33. The number of nitrogens with zero attached hydrogens (tertiary/aromatic N) is 3. The molecule has 146 valence electrons. The normalized spacial score (nSPS) is 11.0. The van der Waals surface area contributed by atoms with E-state index < -0.39 is 16.4 Å². The van der Waals surface area contributed by atoms with Gasteiger partial charge in [0, 0.05) is 53.0 Å². The number of hydrogen-bond donors (Lipinski definition) is 1. The number of hydrogen-bond acceptors (Lipinski definition) is 5. The van der Waals surface area contributed by atoms with E-state index in [1.54, 1.807) is 6.20 Å². The third kappa shape index (κ3) is 3.56. The van der Waals surface area contributed by atoms with Crippen LogP contribution < -0.4 is 4.74 Å². The molecule has 0 fully saturated rings. The van der Waals surface area contributed by atoms with Crippen molar-refractivity contribution in [2.75, 3.05) is 7.11 Å². The maximum atomic E-state index is 13.9.